The Morgan fingerprint density at radius 3 is 2.00 bits per heavy atom. The Labute approximate surface area is 348 Å². The molecule has 9 saturated carbocycles. The van der Waals surface area contributed by atoms with Gasteiger partial charge in [0, 0.05) is 41.4 Å². The Morgan fingerprint density at radius 1 is 0.732 bits per heavy atom. The number of carbonyl (C=O) groups is 2. The highest BCUT2D eigenvalue weighted by molar-refractivity contribution is 9.10. The van der Waals surface area contributed by atoms with Gasteiger partial charge in [-0.2, -0.15) is 0 Å². The van der Waals surface area contributed by atoms with Crippen molar-refractivity contribution in [3.05, 3.63) is 71.3 Å². The van der Waals surface area contributed by atoms with Crippen molar-refractivity contribution in [3.63, 3.8) is 0 Å². The van der Waals surface area contributed by atoms with E-state index in [4.69, 9.17) is 23.1 Å². The van der Waals surface area contributed by atoms with Crippen molar-refractivity contribution in [1.29, 1.82) is 0 Å². The molecule has 10 fully saturated rings. The molecule has 10 aliphatic rings. The van der Waals surface area contributed by atoms with Gasteiger partial charge >= 0.3 is 0 Å². The zero-order valence-corrected chi connectivity index (χ0v) is 36.2. The number of halogens is 2. The predicted octanol–water partition coefficient (Wildman–Crippen LogP) is 8.78. The number of nitrogens with two attached hydrogens (primary N) is 2. The molecule has 5 N–H and O–H groups in total. The minimum Gasteiger partial charge on any atom is -0.353 e. The van der Waals surface area contributed by atoms with E-state index in [0.29, 0.717) is 17.7 Å². The van der Waals surface area contributed by atoms with Crippen molar-refractivity contribution < 1.29 is 9.59 Å². The predicted molar refractivity (Wildman–Crippen MR) is 228 cm³/mol. The summed E-state index contributed by atoms with van der Waals surface area (Å²) in [5.41, 5.74) is 15.9. The van der Waals surface area contributed by atoms with E-state index >= 15 is 0 Å². The quantitative estimate of drug-likeness (QED) is 0.243. The highest BCUT2D eigenvalue weighted by atomic mass is 79.9. The summed E-state index contributed by atoms with van der Waals surface area (Å²) in [6, 6.07) is 21.6. The van der Waals surface area contributed by atoms with Gasteiger partial charge in [0.05, 0.1) is 10.8 Å². The number of amides is 2. The molecule has 1 aliphatic heterocycles. The van der Waals surface area contributed by atoms with E-state index in [2.05, 4.69) is 94.6 Å². The van der Waals surface area contributed by atoms with Crippen molar-refractivity contribution >= 4 is 39.3 Å². The Hall–Kier alpha value is -1.93. The van der Waals surface area contributed by atoms with Crippen LogP contribution >= 0.6 is 27.5 Å². The lowest BCUT2D eigenvalue weighted by Crippen LogP contribution is -2.68. The number of piperidine rings is 1. The molecule has 1 heterocycles. The number of rotatable bonds is 7. The fourth-order valence-corrected chi connectivity index (χ4v) is 18.1. The molecule has 9 aliphatic carbocycles. The summed E-state index contributed by atoms with van der Waals surface area (Å²) in [6.07, 6.45) is 16.9. The van der Waals surface area contributed by atoms with Crippen LogP contribution in [0.3, 0.4) is 0 Å². The second kappa shape index (κ2) is 12.8. The standard InChI is InChI=1S/C48H64BrClN4O2/c1-41(2)31-54(17-16-38(41)52)40(56)44-20-32-18-42(22-44,30-50)21-43(19-32,23-44)34-8-10-35(11-9-34)46-24-45(33-6-4-3-5-7-33)25-47(26-46,29-48(49,27-45)28-46)39(55)53-37-14-12-36(51)13-15-37/h3-11,32,36-38H,12-31,51-52H2,1-2H3,(H,53,55)/t32?,36-,37-,38-,42?,43?,44?,45?,46?,47?,48?/m0/s1. The first-order chi connectivity index (χ1) is 26.6. The molecular formula is C48H64BrClN4O2. The van der Waals surface area contributed by atoms with Gasteiger partial charge in [-0.3, -0.25) is 9.59 Å². The van der Waals surface area contributed by atoms with E-state index < -0.39 is 5.41 Å². The maximum absolute atomic E-state index is 14.9. The van der Waals surface area contributed by atoms with E-state index in [-0.39, 0.29) is 60.8 Å². The monoisotopic (exact) mass is 842 g/mol. The van der Waals surface area contributed by atoms with E-state index in [1.807, 2.05) is 0 Å². The third-order valence-electron chi connectivity index (χ3n) is 17.6. The van der Waals surface area contributed by atoms with Crippen LogP contribution in [-0.4, -0.2) is 58.1 Å². The number of nitrogens with one attached hydrogen (secondary N) is 1. The first-order valence-electron chi connectivity index (χ1n) is 22.1. The van der Waals surface area contributed by atoms with Gasteiger partial charge in [-0.05, 0) is 159 Å². The van der Waals surface area contributed by atoms with Crippen molar-refractivity contribution in [2.24, 2.45) is 39.0 Å². The minimum atomic E-state index is -0.432. The number of likely N-dealkylation sites (tertiary alicyclic amines) is 1. The number of alkyl halides is 2. The Balaban J connectivity index is 0.994. The van der Waals surface area contributed by atoms with Crippen LogP contribution in [0, 0.1) is 27.6 Å². The molecule has 56 heavy (non-hydrogen) atoms. The number of hydrogen-bond acceptors (Lipinski definition) is 4. The molecule has 2 aromatic rings. The molecule has 6 nitrogen and oxygen atoms in total. The van der Waals surface area contributed by atoms with Crippen LogP contribution in [0.5, 0.6) is 0 Å². The van der Waals surface area contributed by atoms with Crippen molar-refractivity contribution in [2.75, 3.05) is 19.0 Å². The van der Waals surface area contributed by atoms with E-state index in [1.54, 1.807) is 0 Å². The van der Waals surface area contributed by atoms with Gasteiger partial charge < -0.3 is 21.7 Å². The molecule has 0 spiro atoms. The van der Waals surface area contributed by atoms with E-state index in [1.165, 1.54) is 16.7 Å². The largest absolute Gasteiger partial charge is 0.353 e. The highest BCUT2D eigenvalue weighted by Crippen LogP contribution is 2.74. The first kappa shape index (κ1) is 38.3. The Kier molecular flexibility index (Phi) is 8.74. The average Bonchev–Trinajstić information content (AvgIpc) is 3.15. The molecule has 12 rings (SSSR count). The lowest BCUT2D eigenvalue weighted by molar-refractivity contribution is -0.173. The molecule has 0 aromatic heterocycles. The summed E-state index contributed by atoms with van der Waals surface area (Å²) in [5, 5.41) is 3.62. The van der Waals surface area contributed by atoms with Gasteiger partial charge in [-0.15, -0.1) is 11.6 Å². The Bertz CT molecular complexity index is 1900. The zero-order valence-electron chi connectivity index (χ0n) is 33.8. The highest BCUT2D eigenvalue weighted by Gasteiger charge is 2.71. The molecule has 9 atom stereocenters. The second-order valence-corrected chi connectivity index (χ2v) is 24.3. The lowest BCUT2D eigenvalue weighted by Gasteiger charge is -2.69. The molecule has 2 amide bonds. The van der Waals surface area contributed by atoms with Crippen LogP contribution < -0.4 is 16.8 Å². The van der Waals surface area contributed by atoms with Crippen molar-refractivity contribution in [2.45, 2.75) is 162 Å². The number of hydrogen-bond donors (Lipinski definition) is 3. The van der Waals surface area contributed by atoms with Crippen LogP contribution in [0.25, 0.3) is 0 Å². The van der Waals surface area contributed by atoms with Crippen LogP contribution in [0.2, 0.25) is 0 Å². The van der Waals surface area contributed by atoms with Crippen LogP contribution in [0.1, 0.15) is 140 Å². The van der Waals surface area contributed by atoms with E-state index in [0.717, 1.165) is 122 Å². The molecule has 8 unspecified atom stereocenters. The number of nitrogens with zero attached hydrogens (tertiary/aromatic N) is 1. The summed E-state index contributed by atoms with van der Waals surface area (Å²) in [6.45, 7) is 5.96. The molecule has 8 heteroatoms. The van der Waals surface area contributed by atoms with Gasteiger partial charge in [0.2, 0.25) is 11.8 Å². The van der Waals surface area contributed by atoms with Crippen molar-refractivity contribution in [1.82, 2.24) is 10.2 Å². The van der Waals surface area contributed by atoms with Gasteiger partial charge in [0.1, 0.15) is 0 Å². The second-order valence-electron chi connectivity index (χ2n) is 22.4. The van der Waals surface area contributed by atoms with E-state index in [9.17, 15) is 9.59 Å². The van der Waals surface area contributed by atoms with Gasteiger partial charge in [0.15, 0.2) is 0 Å². The summed E-state index contributed by atoms with van der Waals surface area (Å²) in [4.78, 5) is 31.9. The molecule has 2 aromatic carbocycles. The van der Waals surface area contributed by atoms with Gasteiger partial charge in [0.25, 0.3) is 0 Å². The maximum Gasteiger partial charge on any atom is 0.228 e. The fourth-order valence-electron chi connectivity index (χ4n) is 16.2. The summed E-state index contributed by atoms with van der Waals surface area (Å²) in [7, 11) is 0. The van der Waals surface area contributed by atoms with Crippen molar-refractivity contribution in [3.8, 4) is 0 Å². The minimum absolute atomic E-state index is 0.00445. The Morgan fingerprint density at radius 2 is 1.36 bits per heavy atom. The molecule has 1 saturated heterocycles. The van der Waals surface area contributed by atoms with Gasteiger partial charge in [-0.1, -0.05) is 84.4 Å². The molecular weight excluding hydrogens is 780 g/mol. The summed E-state index contributed by atoms with van der Waals surface area (Å²) < 4.78 is -0.102. The summed E-state index contributed by atoms with van der Waals surface area (Å²) >= 11 is 11.4. The molecule has 0 radical (unpaired) electrons. The lowest BCUT2D eigenvalue weighted by atomic mass is 9.37. The van der Waals surface area contributed by atoms with Gasteiger partial charge in [-0.25, -0.2) is 0 Å². The number of benzene rings is 2. The topological polar surface area (TPSA) is 101 Å². The SMILES string of the molecule is CC1(C)CN(C(=O)C23CC4CC(CCl)(C2)CC(c2ccc(C56CC7(Br)CC(C(=O)N[C@H]8CC[C@H](N)CC8)(CC(c8ccccc8)(C7)C5)C6)cc2)(C4)C3)CC[C@@H]1N. The number of carbonyl (C=O) groups excluding carboxylic acids is 2. The van der Waals surface area contributed by atoms with Crippen LogP contribution in [-0.2, 0) is 25.8 Å². The fraction of sp³-hybridized carbons (Fsp3) is 0.708. The summed E-state index contributed by atoms with van der Waals surface area (Å²) in [5.74, 6) is 1.80. The van der Waals surface area contributed by atoms with Crippen LogP contribution in [0.4, 0.5) is 0 Å². The molecule has 8 bridgehead atoms. The normalized spacial score (nSPS) is 45.9. The van der Waals surface area contributed by atoms with Crippen LogP contribution in [0.15, 0.2) is 54.6 Å². The third-order valence-corrected chi connectivity index (χ3v) is 19.0. The third kappa shape index (κ3) is 5.87. The first-order valence-corrected chi connectivity index (χ1v) is 23.4. The smallest absolute Gasteiger partial charge is 0.228 e. The zero-order chi connectivity index (χ0) is 39.0. The molecule has 302 valence electrons. The maximum atomic E-state index is 14.9. The average molecular weight is 844 g/mol.